The lowest BCUT2D eigenvalue weighted by atomic mass is 10.2. The van der Waals surface area contributed by atoms with E-state index in [2.05, 4.69) is 12.1 Å². The summed E-state index contributed by atoms with van der Waals surface area (Å²) in [6.45, 7) is 2.25. The molecule has 0 spiro atoms. The number of rotatable bonds is 7. The molecule has 0 radical (unpaired) electrons. The second-order valence-corrected chi connectivity index (χ2v) is 5.91. The largest absolute Gasteiger partial charge is 0.486 e. The molecule has 1 aromatic heterocycles. The summed E-state index contributed by atoms with van der Waals surface area (Å²) in [7, 11) is 0. The summed E-state index contributed by atoms with van der Waals surface area (Å²) >= 11 is 0. The van der Waals surface area contributed by atoms with Crippen LogP contribution < -0.4 is 10.5 Å². The molecule has 6 nitrogen and oxygen atoms in total. The Kier molecular flexibility index (Phi) is 6.06. The molecule has 3 rings (SSSR count). The van der Waals surface area contributed by atoms with Gasteiger partial charge >= 0.3 is 5.97 Å². The van der Waals surface area contributed by atoms with Crippen LogP contribution in [-0.2, 0) is 17.9 Å². The molecule has 0 fully saturated rings. The van der Waals surface area contributed by atoms with Gasteiger partial charge in [0.15, 0.2) is 5.84 Å². The van der Waals surface area contributed by atoms with Crippen molar-refractivity contribution in [2.24, 2.45) is 10.9 Å². The first-order valence-electron chi connectivity index (χ1n) is 8.66. The second-order valence-electron chi connectivity index (χ2n) is 5.91. The van der Waals surface area contributed by atoms with E-state index in [4.69, 9.17) is 19.7 Å². The third kappa shape index (κ3) is 4.97. The van der Waals surface area contributed by atoms with Gasteiger partial charge in [0, 0.05) is 5.56 Å². The highest BCUT2D eigenvalue weighted by Crippen LogP contribution is 2.16. The summed E-state index contributed by atoms with van der Waals surface area (Å²) in [6.07, 6.45) is 0.956. The fraction of sp³-hybridized carbons (Fsp3) is 0.143. The minimum absolute atomic E-state index is 0.0319. The molecule has 0 unspecified atom stereocenters. The van der Waals surface area contributed by atoms with Crippen LogP contribution in [0.4, 0.5) is 4.39 Å². The number of oxime groups is 1. The normalized spacial score (nSPS) is 11.3. The number of carbonyl (C=O) groups is 1. The van der Waals surface area contributed by atoms with E-state index in [1.165, 1.54) is 35.9 Å². The maximum atomic E-state index is 12.9. The number of aryl methyl sites for hydroxylation is 1. The number of furan rings is 1. The molecule has 0 saturated heterocycles. The van der Waals surface area contributed by atoms with Crippen molar-refractivity contribution < 1.29 is 23.2 Å². The highest BCUT2D eigenvalue weighted by atomic mass is 19.1. The molecule has 0 aliphatic rings. The molecule has 0 bridgehead atoms. The lowest BCUT2D eigenvalue weighted by Crippen LogP contribution is -2.15. The van der Waals surface area contributed by atoms with Crippen LogP contribution >= 0.6 is 0 Å². The molecule has 3 aromatic rings. The van der Waals surface area contributed by atoms with Crippen molar-refractivity contribution in [3.8, 4) is 5.75 Å². The molecule has 0 aliphatic carbocycles. The highest BCUT2D eigenvalue weighted by molar-refractivity contribution is 5.97. The lowest BCUT2D eigenvalue weighted by molar-refractivity contribution is 0.0475. The average molecular weight is 382 g/mol. The van der Waals surface area contributed by atoms with Gasteiger partial charge in [-0.3, -0.25) is 0 Å². The Morgan fingerprint density at radius 3 is 2.46 bits per heavy atom. The zero-order valence-electron chi connectivity index (χ0n) is 15.2. The molecular weight excluding hydrogens is 363 g/mol. The molecule has 1 heterocycles. The maximum absolute atomic E-state index is 12.9. The topological polar surface area (TPSA) is 87.0 Å². The number of nitrogens with zero attached hydrogens (tertiary/aromatic N) is 1. The van der Waals surface area contributed by atoms with Crippen LogP contribution in [-0.4, -0.2) is 11.8 Å². The van der Waals surface area contributed by atoms with Crippen LogP contribution in [0.5, 0.6) is 5.75 Å². The number of ether oxygens (including phenoxy) is 1. The Morgan fingerprint density at radius 2 is 1.79 bits per heavy atom. The van der Waals surface area contributed by atoms with Crippen molar-refractivity contribution in [2.45, 2.75) is 20.0 Å². The van der Waals surface area contributed by atoms with Crippen LogP contribution in [0.3, 0.4) is 0 Å². The van der Waals surface area contributed by atoms with Gasteiger partial charge in [-0.25, -0.2) is 9.18 Å². The van der Waals surface area contributed by atoms with E-state index in [1.54, 1.807) is 6.07 Å². The quantitative estimate of drug-likeness (QED) is 0.288. The second kappa shape index (κ2) is 8.85. The van der Waals surface area contributed by atoms with Gasteiger partial charge in [-0.1, -0.05) is 24.2 Å². The first kappa shape index (κ1) is 19.2. The number of nitrogens with two attached hydrogens (primary N) is 1. The smallest absolute Gasteiger partial charge is 0.400 e. The Bertz CT molecular complexity index is 963. The standard InChI is InChI=1S/C21H19FN2O4/c1-2-14-3-9-17(10-4-14)26-13-18-11-12-19(27-18)21(25)28-24-20(23)15-5-7-16(22)8-6-15/h3-12H,2,13H2,1H3,(H2,23,24). The van der Waals surface area contributed by atoms with Crippen LogP contribution in [0.15, 0.2) is 70.2 Å². The van der Waals surface area contributed by atoms with Crippen molar-refractivity contribution in [1.82, 2.24) is 0 Å². The zero-order chi connectivity index (χ0) is 19.9. The predicted octanol–water partition coefficient (Wildman–Crippen LogP) is 4.04. The van der Waals surface area contributed by atoms with E-state index < -0.39 is 11.8 Å². The molecule has 2 N–H and O–H groups in total. The minimum atomic E-state index is -0.802. The minimum Gasteiger partial charge on any atom is -0.486 e. The summed E-state index contributed by atoms with van der Waals surface area (Å²) in [4.78, 5) is 16.8. The molecule has 0 saturated carbocycles. The Morgan fingerprint density at radius 1 is 1.07 bits per heavy atom. The Hall–Kier alpha value is -3.61. The van der Waals surface area contributed by atoms with Gasteiger partial charge in [0.25, 0.3) is 0 Å². The number of benzene rings is 2. The molecule has 144 valence electrons. The zero-order valence-corrected chi connectivity index (χ0v) is 15.2. The summed E-state index contributed by atoms with van der Waals surface area (Å²) in [6, 6.07) is 16.1. The lowest BCUT2D eigenvalue weighted by Gasteiger charge is -2.05. The Balaban J connectivity index is 1.55. The summed E-state index contributed by atoms with van der Waals surface area (Å²) in [5.41, 5.74) is 7.36. The van der Waals surface area contributed by atoms with Crippen LogP contribution in [0.1, 0.15) is 34.4 Å². The van der Waals surface area contributed by atoms with E-state index in [9.17, 15) is 9.18 Å². The van der Waals surface area contributed by atoms with Gasteiger partial charge < -0.3 is 19.7 Å². The van der Waals surface area contributed by atoms with Crippen molar-refractivity contribution in [1.29, 1.82) is 0 Å². The van der Waals surface area contributed by atoms with E-state index in [1.807, 2.05) is 24.3 Å². The molecule has 0 amide bonds. The SMILES string of the molecule is CCc1ccc(OCc2ccc(C(=O)O/N=C(\N)c3ccc(F)cc3)o2)cc1. The molecule has 0 atom stereocenters. The monoisotopic (exact) mass is 382 g/mol. The van der Waals surface area contributed by atoms with Crippen molar-refractivity contribution >= 4 is 11.8 Å². The first-order chi connectivity index (χ1) is 13.5. The predicted molar refractivity (Wildman–Crippen MR) is 101 cm³/mol. The van der Waals surface area contributed by atoms with Crippen LogP contribution in [0, 0.1) is 5.82 Å². The van der Waals surface area contributed by atoms with E-state index in [0.29, 0.717) is 17.1 Å². The van der Waals surface area contributed by atoms with E-state index in [0.717, 1.165) is 6.42 Å². The maximum Gasteiger partial charge on any atom is 0.400 e. The van der Waals surface area contributed by atoms with Gasteiger partial charge in [0.05, 0.1) is 0 Å². The van der Waals surface area contributed by atoms with E-state index in [-0.39, 0.29) is 18.2 Å². The first-order valence-corrected chi connectivity index (χ1v) is 8.66. The number of amidine groups is 1. The van der Waals surface area contributed by atoms with Crippen LogP contribution in [0.25, 0.3) is 0 Å². The molecule has 28 heavy (non-hydrogen) atoms. The molecular formula is C21H19FN2O4. The summed E-state index contributed by atoms with van der Waals surface area (Å²) in [5.74, 6) is -0.130. The Labute approximate surface area is 161 Å². The van der Waals surface area contributed by atoms with Crippen molar-refractivity contribution in [3.05, 3.63) is 89.1 Å². The van der Waals surface area contributed by atoms with Gasteiger partial charge in [-0.15, -0.1) is 0 Å². The van der Waals surface area contributed by atoms with Gasteiger partial charge in [-0.05, 0) is 60.5 Å². The molecule has 2 aromatic carbocycles. The van der Waals surface area contributed by atoms with E-state index >= 15 is 0 Å². The van der Waals surface area contributed by atoms with Crippen LogP contribution in [0.2, 0.25) is 0 Å². The fourth-order valence-corrected chi connectivity index (χ4v) is 2.35. The third-order valence-electron chi connectivity index (χ3n) is 3.94. The fourth-order valence-electron chi connectivity index (χ4n) is 2.35. The average Bonchev–Trinajstić information content (AvgIpc) is 3.20. The van der Waals surface area contributed by atoms with Gasteiger partial charge in [-0.2, -0.15) is 0 Å². The van der Waals surface area contributed by atoms with Gasteiger partial charge in [0.1, 0.15) is 23.9 Å². The summed E-state index contributed by atoms with van der Waals surface area (Å²) < 4.78 is 23.9. The van der Waals surface area contributed by atoms with Gasteiger partial charge in [0.2, 0.25) is 5.76 Å². The summed E-state index contributed by atoms with van der Waals surface area (Å²) in [5, 5.41) is 3.55. The van der Waals surface area contributed by atoms with Crippen molar-refractivity contribution in [2.75, 3.05) is 0 Å². The molecule has 0 aliphatic heterocycles. The van der Waals surface area contributed by atoms with Crippen molar-refractivity contribution in [3.63, 3.8) is 0 Å². The number of halogens is 1. The number of carbonyl (C=O) groups excluding carboxylic acids is 1. The number of hydrogen-bond donors (Lipinski definition) is 1. The number of hydrogen-bond acceptors (Lipinski definition) is 5. The third-order valence-corrected chi connectivity index (χ3v) is 3.94. The highest BCUT2D eigenvalue weighted by Gasteiger charge is 2.14. The molecule has 7 heteroatoms.